The summed E-state index contributed by atoms with van der Waals surface area (Å²) in [6.45, 7) is 0.0154. The van der Waals surface area contributed by atoms with Crippen molar-refractivity contribution in [2.24, 2.45) is 11.7 Å². The summed E-state index contributed by atoms with van der Waals surface area (Å²) in [7, 11) is 0. The van der Waals surface area contributed by atoms with E-state index < -0.39 is 17.7 Å². The smallest absolute Gasteiger partial charge is 0.273 e. The number of anilines is 1. The molecule has 120 valence electrons. The molecule has 0 unspecified atom stereocenters. The van der Waals surface area contributed by atoms with Crippen molar-refractivity contribution in [1.29, 1.82) is 0 Å². The number of nitrogens with two attached hydrogens (primary N) is 2. The Hall–Kier alpha value is -3.03. The second kappa shape index (κ2) is 7.30. The van der Waals surface area contributed by atoms with Crippen molar-refractivity contribution in [3.05, 3.63) is 53.7 Å². The Balaban J connectivity index is 2.00. The van der Waals surface area contributed by atoms with Gasteiger partial charge in [-0.05, 0) is 24.1 Å². The van der Waals surface area contributed by atoms with Crippen LogP contribution in [0.25, 0.3) is 0 Å². The highest BCUT2D eigenvalue weighted by molar-refractivity contribution is 5.96. The Morgan fingerprint density at radius 2 is 1.83 bits per heavy atom. The number of nitrogens with one attached hydrogen (secondary N) is 1. The average Bonchev–Trinajstić information content (AvgIpc) is 2.53. The summed E-state index contributed by atoms with van der Waals surface area (Å²) in [6, 6.07) is 5.72. The Morgan fingerprint density at radius 3 is 2.43 bits per heavy atom. The Morgan fingerprint density at radius 1 is 1.17 bits per heavy atom. The maximum Gasteiger partial charge on any atom is 0.273 e. The van der Waals surface area contributed by atoms with Crippen LogP contribution in [0, 0.1) is 11.7 Å². The van der Waals surface area contributed by atoms with E-state index in [1.54, 1.807) is 12.1 Å². The van der Waals surface area contributed by atoms with E-state index in [9.17, 15) is 14.0 Å². The predicted octanol–water partition coefficient (Wildman–Crippen LogP) is 0.272. The monoisotopic (exact) mass is 317 g/mol. The topological polar surface area (TPSA) is 124 Å². The molecule has 2 rings (SSSR count). The van der Waals surface area contributed by atoms with Gasteiger partial charge in [-0.25, -0.2) is 14.4 Å². The van der Waals surface area contributed by atoms with Gasteiger partial charge >= 0.3 is 0 Å². The summed E-state index contributed by atoms with van der Waals surface area (Å²) in [4.78, 5) is 31.1. The van der Waals surface area contributed by atoms with E-state index in [2.05, 4.69) is 15.3 Å². The molecule has 0 aliphatic heterocycles. The van der Waals surface area contributed by atoms with Crippen LogP contribution < -0.4 is 16.8 Å². The number of hydrogen-bond acceptors (Lipinski definition) is 5. The molecule has 1 heterocycles. The van der Waals surface area contributed by atoms with Gasteiger partial charge in [0.05, 0.1) is 5.92 Å². The highest BCUT2D eigenvalue weighted by Crippen LogP contribution is 2.10. The van der Waals surface area contributed by atoms with E-state index in [0.717, 1.165) is 5.56 Å². The van der Waals surface area contributed by atoms with Crippen molar-refractivity contribution in [2.45, 2.75) is 6.42 Å². The summed E-state index contributed by atoms with van der Waals surface area (Å²) in [5.41, 5.74) is 11.6. The first-order valence-electron chi connectivity index (χ1n) is 6.86. The van der Waals surface area contributed by atoms with Crippen molar-refractivity contribution in [1.82, 2.24) is 15.3 Å². The number of primary amides is 1. The van der Waals surface area contributed by atoms with E-state index in [1.165, 1.54) is 24.5 Å². The van der Waals surface area contributed by atoms with E-state index in [4.69, 9.17) is 11.5 Å². The van der Waals surface area contributed by atoms with Crippen molar-refractivity contribution < 1.29 is 14.0 Å². The summed E-state index contributed by atoms with van der Waals surface area (Å²) < 4.78 is 12.9. The van der Waals surface area contributed by atoms with E-state index >= 15 is 0 Å². The van der Waals surface area contributed by atoms with Gasteiger partial charge < -0.3 is 16.8 Å². The van der Waals surface area contributed by atoms with Crippen LogP contribution in [-0.2, 0) is 11.2 Å². The number of amides is 2. The van der Waals surface area contributed by atoms with Crippen molar-refractivity contribution in [2.75, 3.05) is 12.3 Å². The van der Waals surface area contributed by atoms with Crippen molar-refractivity contribution in [3.8, 4) is 0 Å². The summed E-state index contributed by atoms with van der Waals surface area (Å²) in [5.74, 6) is -2.11. The maximum atomic E-state index is 12.9. The number of nitrogen functional groups attached to an aromatic ring is 1. The molecule has 8 heteroatoms. The first-order chi connectivity index (χ1) is 11.0. The summed E-state index contributed by atoms with van der Waals surface area (Å²) in [6.07, 6.45) is 2.99. The van der Waals surface area contributed by atoms with Gasteiger partial charge in [0.15, 0.2) is 11.5 Å². The van der Waals surface area contributed by atoms with Crippen molar-refractivity contribution in [3.63, 3.8) is 0 Å². The fourth-order valence-electron chi connectivity index (χ4n) is 2.00. The minimum atomic E-state index is -0.637. The molecule has 0 saturated carbocycles. The fourth-order valence-corrected chi connectivity index (χ4v) is 2.00. The molecule has 0 aliphatic rings. The van der Waals surface area contributed by atoms with Gasteiger partial charge in [-0.1, -0.05) is 12.1 Å². The van der Waals surface area contributed by atoms with Crippen LogP contribution in [-0.4, -0.2) is 28.3 Å². The standard InChI is InChI=1S/C15H16FN5O2/c16-11-3-1-9(2-4-11)7-10(14(18)22)8-21-15(23)12-13(17)20-6-5-19-12/h1-6,10H,7-8H2,(H2,17,20)(H2,18,22)(H,21,23)/t10-/m1/s1. The fraction of sp³-hybridized carbons (Fsp3) is 0.200. The van der Waals surface area contributed by atoms with Gasteiger partial charge in [-0.2, -0.15) is 0 Å². The molecule has 1 aromatic heterocycles. The van der Waals surface area contributed by atoms with Crippen LogP contribution in [0.3, 0.4) is 0 Å². The largest absolute Gasteiger partial charge is 0.382 e. The SMILES string of the molecule is NC(=O)[C@@H](CNC(=O)c1nccnc1N)Cc1ccc(F)cc1. The summed E-state index contributed by atoms with van der Waals surface area (Å²) >= 11 is 0. The average molecular weight is 317 g/mol. The van der Waals surface area contributed by atoms with Gasteiger partial charge in [0.2, 0.25) is 5.91 Å². The molecule has 7 nitrogen and oxygen atoms in total. The molecular weight excluding hydrogens is 301 g/mol. The zero-order valence-corrected chi connectivity index (χ0v) is 12.2. The van der Waals surface area contributed by atoms with Crippen LogP contribution in [0.1, 0.15) is 16.1 Å². The van der Waals surface area contributed by atoms with Gasteiger partial charge in [-0.3, -0.25) is 9.59 Å². The predicted molar refractivity (Wildman–Crippen MR) is 81.6 cm³/mol. The van der Waals surface area contributed by atoms with Crippen LogP contribution in [0.5, 0.6) is 0 Å². The van der Waals surface area contributed by atoms with Crippen LogP contribution >= 0.6 is 0 Å². The molecule has 5 N–H and O–H groups in total. The molecule has 0 spiro atoms. The second-order valence-electron chi connectivity index (χ2n) is 4.93. The maximum absolute atomic E-state index is 12.9. The minimum absolute atomic E-state index is 0.000778. The number of benzene rings is 1. The highest BCUT2D eigenvalue weighted by atomic mass is 19.1. The van der Waals surface area contributed by atoms with E-state index in [-0.39, 0.29) is 30.3 Å². The lowest BCUT2D eigenvalue weighted by Crippen LogP contribution is -2.37. The lowest BCUT2D eigenvalue weighted by Gasteiger charge is -2.14. The Labute approximate surface area is 131 Å². The second-order valence-corrected chi connectivity index (χ2v) is 4.93. The Bertz CT molecular complexity index is 705. The number of carbonyl (C=O) groups is 2. The third-order valence-corrected chi connectivity index (χ3v) is 3.25. The molecule has 2 aromatic rings. The van der Waals surface area contributed by atoms with Crippen molar-refractivity contribution >= 4 is 17.6 Å². The van der Waals surface area contributed by atoms with Gasteiger partial charge in [0, 0.05) is 18.9 Å². The molecule has 0 fully saturated rings. The van der Waals surface area contributed by atoms with E-state index in [1.807, 2.05) is 0 Å². The Kier molecular flexibility index (Phi) is 5.19. The first kappa shape index (κ1) is 16.3. The molecule has 0 bridgehead atoms. The highest BCUT2D eigenvalue weighted by Gasteiger charge is 2.19. The van der Waals surface area contributed by atoms with Crippen LogP contribution in [0.2, 0.25) is 0 Å². The lowest BCUT2D eigenvalue weighted by molar-refractivity contribution is -0.121. The number of nitrogens with zero attached hydrogens (tertiary/aromatic N) is 2. The van der Waals surface area contributed by atoms with Crippen LogP contribution in [0.4, 0.5) is 10.2 Å². The van der Waals surface area contributed by atoms with Gasteiger partial charge in [0.25, 0.3) is 5.91 Å². The molecule has 0 radical (unpaired) electrons. The minimum Gasteiger partial charge on any atom is -0.382 e. The summed E-state index contributed by atoms with van der Waals surface area (Å²) in [5, 5.41) is 2.56. The zero-order valence-electron chi connectivity index (χ0n) is 12.2. The molecule has 0 saturated heterocycles. The number of hydrogen-bond donors (Lipinski definition) is 3. The molecule has 2 amide bonds. The lowest BCUT2D eigenvalue weighted by atomic mass is 9.98. The molecular formula is C15H16FN5O2. The first-order valence-corrected chi connectivity index (χ1v) is 6.86. The normalized spacial score (nSPS) is 11.7. The molecule has 0 aliphatic carbocycles. The zero-order chi connectivity index (χ0) is 16.8. The molecule has 23 heavy (non-hydrogen) atoms. The number of rotatable bonds is 6. The quantitative estimate of drug-likeness (QED) is 0.705. The number of aromatic nitrogens is 2. The van der Waals surface area contributed by atoms with E-state index in [0.29, 0.717) is 0 Å². The van der Waals surface area contributed by atoms with Crippen LogP contribution in [0.15, 0.2) is 36.7 Å². The third kappa shape index (κ3) is 4.47. The number of halogens is 1. The molecule has 1 aromatic carbocycles. The molecule has 1 atom stereocenters. The third-order valence-electron chi connectivity index (χ3n) is 3.25. The van der Waals surface area contributed by atoms with Gasteiger partial charge in [-0.15, -0.1) is 0 Å². The van der Waals surface area contributed by atoms with Gasteiger partial charge in [0.1, 0.15) is 5.82 Å². The number of carbonyl (C=O) groups excluding carboxylic acids is 2.